The summed E-state index contributed by atoms with van der Waals surface area (Å²) in [6.45, 7) is 11.8. The van der Waals surface area contributed by atoms with Crippen molar-refractivity contribution in [2.45, 2.75) is 362 Å². The van der Waals surface area contributed by atoms with Crippen LogP contribution in [-0.4, -0.2) is 96.7 Å². The largest absolute Gasteiger partial charge is 0.472 e. The number of phosphoric ester groups is 2. The molecule has 3 N–H and O–H groups in total. The van der Waals surface area contributed by atoms with Crippen LogP contribution in [0.25, 0.3) is 0 Å². The van der Waals surface area contributed by atoms with Crippen molar-refractivity contribution in [2.24, 2.45) is 17.8 Å². The summed E-state index contributed by atoms with van der Waals surface area (Å²) in [5, 5.41) is 10.6. The van der Waals surface area contributed by atoms with E-state index in [1.807, 2.05) is 0 Å². The molecule has 6 atom stereocenters. The summed E-state index contributed by atoms with van der Waals surface area (Å²) in [5.41, 5.74) is 0. The first kappa shape index (κ1) is 86.1. The fraction of sp³-hybridized carbons (Fsp3) is 0.942. The lowest BCUT2D eigenvalue weighted by molar-refractivity contribution is -0.161. The second kappa shape index (κ2) is 60.0. The summed E-state index contributed by atoms with van der Waals surface area (Å²) in [7, 11) is -9.90. The van der Waals surface area contributed by atoms with Crippen LogP contribution < -0.4 is 0 Å². The number of ether oxygens (including phenoxy) is 4. The van der Waals surface area contributed by atoms with Gasteiger partial charge in [0.2, 0.25) is 0 Å². The van der Waals surface area contributed by atoms with Crippen molar-refractivity contribution < 1.29 is 80.2 Å². The monoisotopic (exact) mass is 1300 g/mol. The van der Waals surface area contributed by atoms with Gasteiger partial charge in [-0.15, -0.1) is 0 Å². The molecule has 17 nitrogen and oxygen atoms in total. The molecule has 0 heterocycles. The van der Waals surface area contributed by atoms with Gasteiger partial charge in [0.15, 0.2) is 12.2 Å². The molecule has 522 valence electrons. The summed E-state index contributed by atoms with van der Waals surface area (Å²) >= 11 is 0. The first-order valence-electron chi connectivity index (χ1n) is 35.9. The summed E-state index contributed by atoms with van der Waals surface area (Å²) in [6, 6.07) is 0. The molecule has 0 aliphatic carbocycles. The maximum absolute atomic E-state index is 13.0. The minimum atomic E-state index is -4.95. The summed E-state index contributed by atoms with van der Waals surface area (Å²) < 4.78 is 68.2. The molecular formula is C69H134O17P2. The Morgan fingerprint density at radius 1 is 0.330 bits per heavy atom. The number of carbonyl (C=O) groups is 4. The number of aliphatic hydroxyl groups is 1. The lowest BCUT2D eigenvalue weighted by Crippen LogP contribution is -2.30. The number of rotatable bonds is 67. The zero-order valence-corrected chi connectivity index (χ0v) is 59.0. The zero-order valence-electron chi connectivity index (χ0n) is 57.2. The predicted molar refractivity (Wildman–Crippen MR) is 354 cm³/mol. The van der Waals surface area contributed by atoms with Crippen molar-refractivity contribution in [1.82, 2.24) is 0 Å². The molecule has 3 unspecified atom stereocenters. The number of carbonyl (C=O) groups excluding carboxylic acids is 4. The topological polar surface area (TPSA) is 237 Å². The van der Waals surface area contributed by atoms with Gasteiger partial charge in [-0.3, -0.25) is 37.3 Å². The Labute approximate surface area is 537 Å². The molecule has 0 aromatic heterocycles. The van der Waals surface area contributed by atoms with Crippen molar-refractivity contribution >= 4 is 39.5 Å². The standard InChI is InChI=1S/C69H134O17P2/c1-8-10-11-12-13-14-23-28-36-43-50-66(71)80-57-65(86-69(74)53-46-39-32-31-35-42-49-62(7)9-2)59-84-88(77,78)82-55-63(70)54-81-87(75,76)83-58-64(56-79-67(72)51-44-37-29-25-20-22-27-34-41-48-61(5)6)85-68(73)52-45-38-30-24-19-17-15-16-18-21-26-33-40-47-60(3)4/h60-65,70H,8-59H2,1-7H3,(H,75,76)(H,77,78)/t62?,63-,64-,65-/m1/s1. The normalized spacial score (nSPS) is 14.5. The lowest BCUT2D eigenvalue weighted by atomic mass is 10.00. The van der Waals surface area contributed by atoms with Gasteiger partial charge in [0.25, 0.3) is 0 Å². The van der Waals surface area contributed by atoms with Crippen LogP contribution in [0.15, 0.2) is 0 Å². The number of unbranched alkanes of at least 4 members (excludes halogenated alkanes) is 34. The number of hydrogen-bond donors (Lipinski definition) is 3. The van der Waals surface area contributed by atoms with Gasteiger partial charge in [-0.1, -0.05) is 292 Å². The van der Waals surface area contributed by atoms with E-state index in [1.165, 1.54) is 154 Å². The van der Waals surface area contributed by atoms with Crippen molar-refractivity contribution in [3.05, 3.63) is 0 Å². The minimum absolute atomic E-state index is 0.103. The summed E-state index contributed by atoms with van der Waals surface area (Å²) in [4.78, 5) is 72.4. The van der Waals surface area contributed by atoms with E-state index >= 15 is 0 Å². The molecule has 0 spiro atoms. The second-order valence-corrected chi connectivity index (χ2v) is 29.0. The molecule has 0 aliphatic rings. The molecule has 0 bridgehead atoms. The Kier molecular flexibility index (Phi) is 58.7. The van der Waals surface area contributed by atoms with Crippen molar-refractivity contribution in [1.29, 1.82) is 0 Å². The molecule has 0 aromatic rings. The second-order valence-electron chi connectivity index (χ2n) is 26.1. The van der Waals surface area contributed by atoms with Gasteiger partial charge in [-0.05, 0) is 43.4 Å². The van der Waals surface area contributed by atoms with Crippen LogP contribution in [-0.2, 0) is 65.4 Å². The van der Waals surface area contributed by atoms with E-state index in [4.69, 9.17) is 37.0 Å². The smallest absolute Gasteiger partial charge is 0.462 e. The van der Waals surface area contributed by atoms with E-state index in [9.17, 15) is 43.2 Å². The van der Waals surface area contributed by atoms with Crippen molar-refractivity contribution in [3.63, 3.8) is 0 Å². The highest BCUT2D eigenvalue weighted by molar-refractivity contribution is 7.47. The van der Waals surface area contributed by atoms with Gasteiger partial charge in [0, 0.05) is 25.7 Å². The van der Waals surface area contributed by atoms with Crippen LogP contribution in [0.2, 0.25) is 0 Å². The molecule has 0 fully saturated rings. The fourth-order valence-electron chi connectivity index (χ4n) is 10.3. The van der Waals surface area contributed by atoms with E-state index in [0.29, 0.717) is 25.7 Å². The van der Waals surface area contributed by atoms with Crippen LogP contribution in [0.1, 0.15) is 344 Å². The maximum atomic E-state index is 13.0. The highest BCUT2D eigenvalue weighted by Gasteiger charge is 2.30. The molecule has 19 heteroatoms. The molecule has 0 aromatic carbocycles. The average molecular weight is 1300 g/mol. The highest BCUT2D eigenvalue weighted by Crippen LogP contribution is 2.45. The minimum Gasteiger partial charge on any atom is -0.462 e. The summed E-state index contributed by atoms with van der Waals surface area (Å²) in [6.07, 6.45) is 43.1. The van der Waals surface area contributed by atoms with Gasteiger partial charge in [0.1, 0.15) is 19.3 Å². The van der Waals surface area contributed by atoms with Crippen molar-refractivity contribution in [2.75, 3.05) is 39.6 Å². The predicted octanol–water partition coefficient (Wildman–Crippen LogP) is 19.5. The Hall–Kier alpha value is -1.94. The van der Waals surface area contributed by atoms with Gasteiger partial charge < -0.3 is 33.8 Å². The first-order valence-corrected chi connectivity index (χ1v) is 38.9. The van der Waals surface area contributed by atoms with Crippen molar-refractivity contribution in [3.8, 4) is 0 Å². The Bertz CT molecular complexity index is 1730. The van der Waals surface area contributed by atoms with Gasteiger partial charge in [0.05, 0.1) is 26.4 Å². The molecule has 0 radical (unpaired) electrons. The van der Waals surface area contributed by atoms with Crippen LogP contribution in [0.4, 0.5) is 0 Å². The van der Waals surface area contributed by atoms with Gasteiger partial charge in [-0.25, -0.2) is 9.13 Å². The number of hydrogen-bond acceptors (Lipinski definition) is 15. The molecule has 88 heavy (non-hydrogen) atoms. The third-order valence-corrected chi connectivity index (χ3v) is 18.1. The average Bonchev–Trinajstić information content (AvgIpc) is 3.70. The van der Waals surface area contributed by atoms with Gasteiger partial charge >= 0.3 is 39.5 Å². The number of phosphoric acid groups is 2. The van der Waals surface area contributed by atoms with E-state index in [2.05, 4.69) is 48.5 Å². The maximum Gasteiger partial charge on any atom is 0.472 e. The Morgan fingerprint density at radius 3 is 0.864 bits per heavy atom. The van der Waals surface area contributed by atoms with Crippen LogP contribution in [0.3, 0.4) is 0 Å². The third kappa shape index (κ3) is 61.6. The molecule has 0 aliphatic heterocycles. The number of aliphatic hydroxyl groups excluding tert-OH is 1. The van der Waals surface area contributed by atoms with E-state index in [0.717, 1.165) is 108 Å². The molecule has 0 saturated heterocycles. The van der Waals surface area contributed by atoms with Crippen LogP contribution >= 0.6 is 15.6 Å². The molecule has 0 saturated carbocycles. The quantitative estimate of drug-likeness (QED) is 0.0222. The lowest BCUT2D eigenvalue weighted by Gasteiger charge is -2.21. The highest BCUT2D eigenvalue weighted by atomic mass is 31.2. The molecule has 0 rings (SSSR count). The Balaban J connectivity index is 5.24. The van der Waals surface area contributed by atoms with Crippen LogP contribution in [0.5, 0.6) is 0 Å². The zero-order chi connectivity index (χ0) is 65.2. The van der Waals surface area contributed by atoms with Crippen LogP contribution in [0, 0.1) is 17.8 Å². The summed E-state index contributed by atoms with van der Waals surface area (Å²) in [5.74, 6) is 0.120. The Morgan fingerprint density at radius 2 is 0.580 bits per heavy atom. The van der Waals surface area contributed by atoms with E-state index < -0.39 is 97.5 Å². The van der Waals surface area contributed by atoms with E-state index in [-0.39, 0.29) is 25.7 Å². The molecule has 0 amide bonds. The first-order chi connectivity index (χ1) is 42.3. The van der Waals surface area contributed by atoms with Gasteiger partial charge in [-0.2, -0.15) is 0 Å². The third-order valence-electron chi connectivity index (χ3n) is 16.2. The number of esters is 4. The molecular weight excluding hydrogens is 1160 g/mol. The SMILES string of the molecule is CCCCCCCCCCCCC(=O)OC[C@H](COP(=O)(O)OC[C@H](O)COP(=O)(O)OC[C@@H](COC(=O)CCCCCCCCCCCC(C)C)OC(=O)CCCCCCCCCCCCCCCC(C)C)OC(=O)CCCCCCCCC(C)CC. The van der Waals surface area contributed by atoms with E-state index in [1.54, 1.807) is 0 Å². The fourth-order valence-corrected chi connectivity index (χ4v) is 11.9.